The van der Waals surface area contributed by atoms with E-state index in [4.69, 9.17) is 16.3 Å². The van der Waals surface area contributed by atoms with Crippen molar-refractivity contribution < 1.29 is 4.74 Å². The summed E-state index contributed by atoms with van der Waals surface area (Å²) in [6.07, 6.45) is 1.28. The first kappa shape index (κ1) is 9.60. The maximum Gasteiger partial charge on any atom is 0.123 e. The van der Waals surface area contributed by atoms with Gasteiger partial charge in [-0.1, -0.05) is 12.6 Å². The molecule has 0 saturated heterocycles. The number of benzene rings is 1. The minimum Gasteiger partial charge on any atom is -0.490 e. The Balaban J connectivity index is 2.33. The van der Waals surface area contributed by atoms with Crippen molar-refractivity contribution in [2.75, 3.05) is 5.88 Å². The van der Waals surface area contributed by atoms with E-state index in [1.807, 2.05) is 12.1 Å². The number of rotatable bonds is 2. The summed E-state index contributed by atoms with van der Waals surface area (Å²) in [5.74, 6) is 1.48. The Kier molecular flexibility index (Phi) is 2.51. The van der Waals surface area contributed by atoms with Crippen LogP contribution in [-0.2, 0) is 6.42 Å². The average Bonchev–Trinajstić information content (AvgIpc) is 2.55. The van der Waals surface area contributed by atoms with E-state index in [0.717, 1.165) is 23.3 Å². The second-order valence-corrected chi connectivity index (χ2v) is 3.96. The van der Waals surface area contributed by atoms with Crippen LogP contribution in [0.1, 0.15) is 18.1 Å². The van der Waals surface area contributed by atoms with Crippen molar-refractivity contribution in [3.8, 4) is 5.75 Å². The second kappa shape index (κ2) is 3.66. The van der Waals surface area contributed by atoms with E-state index in [1.165, 1.54) is 5.56 Å². The normalized spacial score (nSPS) is 18.9. The van der Waals surface area contributed by atoms with Crippen molar-refractivity contribution in [2.24, 2.45) is 0 Å². The molecule has 74 valence electrons. The van der Waals surface area contributed by atoms with Crippen LogP contribution in [0.5, 0.6) is 5.75 Å². The quantitative estimate of drug-likeness (QED) is 0.678. The summed E-state index contributed by atoms with van der Waals surface area (Å²) in [5.41, 5.74) is 3.35. The number of hydrogen-bond donors (Lipinski definition) is 0. The van der Waals surface area contributed by atoms with E-state index in [9.17, 15) is 0 Å². The van der Waals surface area contributed by atoms with Crippen LogP contribution in [0.15, 0.2) is 24.8 Å². The Morgan fingerprint density at radius 3 is 3.14 bits per heavy atom. The highest BCUT2D eigenvalue weighted by Crippen LogP contribution is 2.31. The van der Waals surface area contributed by atoms with Gasteiger partial charge in [0.15, 0.2) is 0 Å². The second-order valence-electron chi connectivity index (χ2n) is 3.69. The van der Waals surface area contributed by atoms with Gasteiger partial charge in [0, 0.05) is 12.3 Å². The zero-order valence-corrected chi connectivity index (χ0v) is 8.97. The fourth-order valence-corrected chi connectivity index (χ4v) is 1.87. The monoisotopic (exact) mass is 208 g/mol. The van der Waals surface area contributed by atoms with Gasteiger partial charge in [-0.05, 0) is 35.8 Å². The highest BCUT2D eigenvalue weighted by atomic mass is 35.5. The molecule has 0 N–H and O–H groups in total. The number of halogens is 1. The fraction of sp³-hybridized carbons (Fsp3) is 0.333. The van der Waals surface area contributed by atoms with Gasteiger partial charge in [-0.15, -0.1) is 11.6 Å². The Morgan fingerprint density at radius 1 is 1.64 bits per heavy atom. The molecular formula is C12H13ClO. The molecule has 1 aromatic rings. The molecule has 0 aliphatic carbocycles. The van der Waals surface area contributed by atoms with Crippen molar-refractivity contribution in [1.29, 1.82) is 0 Å². The van der Waals surface area contributed by atoms with Crippen molar-refractivity contribution >= 4 is 17.2 Å². The lowest BCUT2D eigenvalue weighted by atomic mass is 10.0. The third-order valence-electron chi connectivity index (χ3n) is 2.47. The molecular weight excluding hydrogens is 196 g/mol. The SMILES string of the molecule is C=C(CCl)c1ccc2c(c1)CC(C)O2. The Morgan fingerprint density at radius 2 is 2.43 bits per heavy atom. The molecule has 14 heavy (non-hydrogen) atoms. The molecule has 0 spiro atoms. The molecule has 1 aliphatic rings. The molecule has 0 radical (unpaired) electrons. The maximum atomic E-state index is 5.74. The summed E-state index contributed by atoms with van der Waals surface area (Å²) in [4.78, 5) is 0. The zero-order valence-electron chi connectivity index (χ0n) is 8.22. The molecule has 0 aromatic heterocycles. The first-order valence-electron chi connectivity index (χ1n) is 4.74. The first-order chi connectivity index (χ1) is 6.70. The van der Waals surface area contributed by atoms with E-state index in [1.54, 1.807) is 0 Å². The van der Waals surface area contributed by atoms with Crippen LogP contribution < -0.4 is 4.74 Å². The van der Waals surface area contributed by atoms with E-state index in [2.05, 4.69) is 19.6 Å². The summed E-state index contributed by atoms with van der Waals surface area (Å²) in [6, 6.07) is 6.15. The molecule has 2 heteroatoms. The van der Waals surface area contributed by atoms with Crippen LogP contribution in [-0.4, -0.2) is 12.0 Å². The van der Waals surface area contributed by atoms with Crippen LogP contribution in [0.2, 0.25) is 0 Å². The predicted molar refractivity (Wildman–Crippen MR) is 60.0 cm³/mol. The summed E-state index contributed by atoms with van der Waals surface area (Å²) >= 11 is 5.74. The van der Waals surface area contributed by atoms with Crippen molar-refractivity contribution in [1.82, 2.24) is 0 Å². The van der Waals surface area contributed by atoms with Crippen molar-refractivity contribution in [2.45, 2.75) is 19.4 Å². The van der Waals surface area contributed by atoms with Gasteiger partial charge < -0.3 is 4.74 Å². The summed E-state index contributed by atoms with van der Waals surface area (Å²) < 4.78 is 5.61. The number of allylic oxidation sites excluding steroid dienone is 1. The lowest BCUT2D eigenvalue weighted by Gasteiger charge is -2.04. The molecule has 2 rings (SSSR count). The molecule has 0 amide bonds. The maximum absolute atomic E-state index is 5.74. The zero-order chi connectivity index (χ0) is 10.1. The van der Waals surface area contributed by atoms with Gasteiger partial charge in [0.2, 0.25) is 0 Å². The lowest BCUT2D eigenvalue weighted by molar-refractivity contribution is 0.254. The molecule has 1 nitrogen and oxygen atoms in total. The van der Waals surface area contributed by atoms with E-state index >= 15 is 0 Å². The molecule has 1 heterocycles. The van der Waals surface area contributed by atoms with Gasteiger partial charge in [-0.2, -0.15) is 0 Å². The third kappa shape index (κ3) is 1.64. The molecule has 1 unspecified atom stereocenters. The van der Waals surface area contributed by atoms with E-state index in [-0.39, 0.29) is 0 Å². The topological polar surface area (TPSA) is 9.23 Å². The fourth-order valence-electron chi connectivity index (χ4n) is 1.72. The van der Waals surface area contributed by atoms with Gasteiger partial charge in [0.05, 0.1) is 0 Å². The highest BCUT2D eigenvalue weighted by molar-refractivity contribution is 6.23. The predicted octanol–water partition coefficient (Wildman–Crippen LogP) is 3.26. The smallest absolute Gasteiger partial charge is 0.123 e. The van der Waals surface area contributed by atoms with Crippen LogP contribution in [0, 0.1) is 0 Å². The lowest BCUT2D eigenvalue weighted by Crippen LogP contribution is -2.05. The van der Waals surface area contributed by atoms with Gasteiger partial charge in [0.25, 0.3) is 0 Å². The van der Waals surface area contributed by atoms with Crippen LogP contribution in [0.4, 0.5) is 0 Å². The van der Waals surface area contributed by atoms with Gasteiger partial charge in [-0.3, -0.25) is 0 Å². The standard InChI is InChI=1S/C12H13ClO/c1-8(7-13)10-3-4-12-11(6-10)5-9(2)14-12/h3-4,6,9H,1,5,7H2,2H3. The Labute approximate surface area is 89.3 Å². The molecule has 1 atom stereocenters. The van der Waals surface area contributed by atoms with Crippen LogP contribution in [0.3, 0.4) is 0 Å². The number of hydrogen-bond acceptors (Lipinski definition) is 1. The third-order valence-corrected chi connectivity index (χ3v) is 2.79. The average molecular weight is 209 g/mol. The molecule has 1 aromatic carbocycles. The number of ether oxygens (including phenoxy) is 1. The van der Waals surface area contributed by atoms with Crippen molar-refractivity contribution in [3.63, 3.8) is 0 Å². The minimum atomic E-state index is 0.296. The molecule has 0 saturated carbocycles. The minimum absolute atomic E-state index is 0.296. The Bertz CT molecular complexity index is 371. The van der Waals surface area contributed by atoms with E-state index < -0.39 is 0 Å². The van der Waals surface area contributed by atoms with Gasteiger partial charge in [0.1, 0.15) is 11.9 Å². The van der Waals surface area contributed by atoms with Crippen LogP contribution >= 0.6 is 11.6 Å². The number of fused-ring (bicyclic) bond motifs is 1. The summed E-state index contributed by atoms with van der Waals surface area (Å²) in [5, 5.41) is 0. The molecule has 0 bridgehead atoms. The van der Waals surface area contributed by atoms with Gasteiger partial charge >= 0.3 is 0 Å². The van der Waals surface area contributed by atoms with Crippen LogP contribution in [0.25, 0.3) is 5.57 Å². The molecule has 1 aliphatic heterocycles. The molecule has 0 fully saturated rings. The van der Waals surface area contributed by atoms with Crippen molar-refractivity contribution in [3.05, 3.63) is 35.9 Å². The first-order valence-corrected chi connectivity index (χ1v) is 5.28. The number of alkyl halides is 1. The largest absolute Gasteiger partial charge is 0.490 e. The highest BCUT2D eigenvalue weighted by Gasteiger charge is 2.18. The summed E-state index contributed by atoms with van der Waals surface area (Å²) in [7, 11) is 0. The summed E-state index contributed by atoms with van der Waals surface area (Å²) in [6.45, 7) is 5.99. The van der Waals surface area contributed by atoms with Gasteiger partial charge in [-0.25, -0.2) is 0 Å². The Hall–Kier alpha value is -0.950. The van der Waals surface area contributed by atoms with E-state index in [0.29, 0.717) is 12.0 Å².